The first-order valence-corrected chi connectivity index (χ1v) is 9.15. The topological polar surface area (TPSA) is 80.2 Å². The number of aromatic nitrogens is 3. The minimum absolute atomic E-state index is 0.602. The summed E-state index contributed by atoms with van der Waals surface area (Å²) in [4.78, 5) is 11.1. The van der Waals surface area contributed by atoms with Crippen molar-refractivity contribution in [2.24, 2.45) is 0 Å². The Hall–Kier alpha value is -3.19. The zero-order chi connectivity index (χ0) is 19.7. The van der Waals surface area contributed by atoms with Gasteiger partial charge in [-0.05, 0) is 51.7 Å². The molecule has 0 amide bonds. The highest BCUT2D eigenvalue weighted by molar-refractivity contribution is 5.91. The summed E-state index contributed by atoms with van der Waals surface area (Å²) in [6.07, 6.45) is 3.60. The normalized spacial score (nSPS) is 11.5. The van der Waals surface area contributed by atoms with E-state index in [0.29, 0.717) is 12.4 Å². The fraction of sp³-hybridized carbons (Fsp3) is 0.286. The van der Waals surface area contributed by atoms with E-state index in [-0.39, 0.29) is 0 Å². The van der Waals surface area contributed by atoms with Crippen LogP contribution in [0, 0.1) is 13.8 Å². The van der Waals surface area contributed by atoms with Crippen molar-refractivity contribution >= 4 is 16.8 Å². The van der Waals surface area contributed by atoms with Gasteiger partial charge in [-0.3, -0.25) is 4.98 Å². The average molecular weight is 377 g/mol. The number of anilines is 1. The number of nitrogens with zero attached hydrogens (tertiary/aromatic N) is 4. The number of fused-ring (bicyclic) bond motifs is 1. The predicted molar refractivity (Wildman–Crippen MR) is 108 cm³/mol. The van der Waals surface area contributed by atoms with Gasteiger partial charge in [0, 0.05) is 24.3 Å². The van der Waals surface area contributed by atoms with E-state index in [4.69, 9.17) is 13.9 Å². The Kier molecular flexibility index (Phi) is 4.83. The Labute approximate surface area is 163 Å². The Balaban J connectivity index is 1.78. The van der Waals surface area contributed by atoms with Gasteiger partial charge in [0.1, 0.15) is 11.5 Å². The molecule has 0 fully saturated rings. The second-order valence-corrected chi connectivity index (χ2v) is 7.14. The summed E-state index contributed by atoms with van der Waals surface area (Å²) in [6, 6.07) is 8.03. The van der Waals surface area contributed by atoms with Crippen LogP contribution in [0.2, 0.25) is 0 Å². The van der Waals surface area contributed by atoms with Crippen LogP contribution < -0.4 is 5.32 Å². The van der Waals surface area contributed by atoms with E-state index in [9.17, 15) is 0 Å². The highest BCUT2D eigenvalue weighted by atomic mass is 16.5. The van der Waals surface area contributed by atoms with Crippen LogP contribution in [-0.4, -0.2) is 34.1 Å². The van der Waals surface area contributed by atoms with Gasteiger partial charge in [-0.2, -0.15) is 0 Å². The Morgan fingerprint density at radius 2 is 2.04 bits per heavy atom. The summed E-state index contributed by atoms with van der Waals surface area (Å²) >= 11 is 0. The lowest BCUT2D eigenvalue weighted by atomic mass is 10.1. The number of pyridine rings is 2. The molecule has 4 aromatic heterocycles. The molecule has 4 aromatic rings. The van der Waals surface area contributed by atoms with Crippen LogP contribution in [0.25, 0.3) is 22.2 Å². The summed E-state index contributed by atoms with van der Waals surface area (Å²) in [6.45, 7) is 5.15. The van der Waals surface area contributed by atoms with E-state index in [0.717, 1.165) is 51.5 Å². The third-order valence-electron chi connectivity index (χ3n) is 4.50. The second kappa shape index (κ2) is 7.44. The van der Waals surface area contributed by atoms with Gasteiger partial charge in [0.25, 0.3) is 0 Å². The van der Waals surface area contributed by atoms with Gasteiger partial charge >= 0.3 is 0 Å². The summed E-state index contributed by atoms with van der Waals surface area (Å²) in [5.74, 6) is 2.34. The first kappa shape index (κ1) is 18.2. The summed E-state index contributed by atoms with van der Waals surface area (Å²) < 4.78 is 11.4. The van der Waals surface area contributed by atoms with Crippen molar-refractivity contribution in [1.82, 2.24) is 20.0 Å². The van der Waals surface area contributed by atoms with Gasteiger partial charge in [0.15, 0.2) is 11.4 Å². The van der Waals surface area contributed by atoms with E-state index >= 15 is 0 Å². The lowest BCUT2D eigenvalue weighted by Crippen LogP contribution is -2.09. The zero-order valence-electron chi connectivity index (χ0n) is 16.5. The molecule has 28 heavy (non-hydrogen) atoms. The number of furan rings is 1. The molecule has 4 heterocycles. The van der Waals surface area contributed by atoms with Gasteiger partial charge in [-0.15, -0.1) is 0 Å². The minimum Gasteiger partial charge on any atom is -0.456 e. The molecule has 0 aliphatic heterocycles. The number of nitrogens with one attached hydrogen (secondary N) is 1. The standard InChI is InChI=1S/C21H23N5O2/c1-13-19(14(2)28-25-13)18-9-16-8-17(12-26(3)4)27-20(16)21(24-18)23-11-15-6-5-7-22-10-15/h5-10H,11-12H2,1-4H3,(H,23,24). The molecule has 0 spiro atoms. The largest absolute Gasteiger partial charge is 0.456 e. The van der Waals surface area contributed by atoms with Crippen LogP contribution >= 0.6 is 0 Å². The summed E-state index contributed by atoms with van der Waals surface area (Å²) in [7, 11) is 4.03. The number of rotatable bonds is 6. The third kappa shape index (κ3) is 3.61. The fourth-order valence-electron chi connectivity index (χ4n) is 3.28. The highest BCUT2D eigenvalue weighted by Crippen LogP contribution is 2.33. The van der Waals surface area contributed by atoms with Crippen molar-refractivity contribution in [3.63, 3.8) is 0 Å². The monoisotopic (exact) mass is 377 g/mol. The van der Waals surface area contributed by atoms with Crippen LogP contribution in [0.1, 0.15) is 22.8 Å². The molecule has 0 aromatic carbocycles. The minimum atomic E-state index is 0.602. The van der Waals surface area contributed by atoms with Crippen molar-refractivity contribution in [3.05, 3.63) is 59.4 Å². The van der Waals surface area contributed by atoms with Crippen LogP contribution in [0.15, 0.2) is 45.6 Å². The van der Waals surface area contributed by atoms with Crippen molar-refractivity contribution in [2.75, 3.05) is 19.4 Å². The highest BCUT2D eigenvalue weighted by Gasteiger charge is 2.18. The van der Waals surface area contributed by atoms with Crippen molar-refractivity contribution in [1.29, 1.82) is 0 Å². The first-order chi connectivity index (χ1) is 13.5. The SMILES string of the molecule is Cc1noc(C)c1-c1cc2cc(CN(C)C)oc2c(NCc2cccnc2)n1. The molecule has 4 rings (SSSR count). The fourth-order valence-corrected chi connectivity index (χ4v) is 3.28. The molecular formula is C21H23N5O2. The molecule has 1 N–H and O–H groups in total. The number of hydrogen-bond donors (Lipinski definition) is 1. The average Bonchev–Trinajstić information content (AvgIpc) is 3.22. The van der Waals surface area contributed by atoms with Gasteiger partial charge in [0.2, 0.25) is 0 Å². The smallest absolute Gasteiger partial charge is 0.176 e. The van der Waals surface area contributed by atoms with Gasteiger partial charge in [-0.25, -0.2) is 4.98 Å². The number of hydrogen-bond acceptors (Lipinski definition) is 7. The van der Waals surface area contributed by atoms with E-state index in [1.165, 1.54) is 0 Å². The summed E-state index contributed by atoms with van der Waals surface area (Å²) in [5.41, 5.74) is 4.37. The van der Waals surface area contributed by atoms with E-state index in [1.54, 1.807) is 6.20 Å². The Morgan fingerprint density at radius 3 is 2.71 bits per heavy atom. The van der Waals surface area contributed by atoms with E-state index < -0.39 is 0 Å². The molecular weight excluding hydrogens is 354 g/mol. The molecule has 7 nitrogen and oxygen atoms in total. The predicted octanol–water partition coefficient (Wildman–Crippen LogP) is 4.17. The van der Waals surface area contributed by atoms with Crippen molar-refractivity contribution in [3.8, 4) is 11.3 Å². The second-order valence-electron chi connectivity index (χ2n) is 7.14. The van der Waals surface area contributed by atoms with Gasteiger partial charge < -0.3 is 19.2 Å². The summed E-state index contributed by atoms with van der Waals surface area (Å²) in [5, 5.41) is 8.46. The van der Waals surface area contributed by atoms with Crippen LogP contribution in [0.3, 0.4) is 0 Å². The molecule has 0 saturated heterocycles. The Bertz CT molecular complexity index is 1080. The first-order valence-electron chi connectivity index (χ1n) is 9.15. The van der Waals surface area contributed by atoms with E-state index in [1.807, 2.05) is 52.3 Å². The van der Waals surface area contributed by atoms with Gasteiger partial charge in [-0.1, -0.05) is 11.2 Å². The van der Waals surface area contributed by atoms with Crippen molar-refractivity contribution < 1.29 is 8.94 Å². The third-order valence-corrected chi connectivity index (χ3v) is 4.50. The maximum atomic E-state index is 6.11. The molecule has 0 radical (unpaired) electrons. The van der Waals surface area contributed by atoms with Gasteiger partial charge in [0.05, 0.1) is 23.5 Å². The van der Waals surface area contributed by atoms with Crippen LogP contribution in [0.4, 0.5) is 5.82 Å². The molecule has 7 heteroatoms. The molecule has 0 bridgehead atoms. The van der Waals surface area contributed by atoms with Crippen molar-refractivity contribution in [2.45, 2.75) is 26.9 Å². The molecule has 0 unspecified atom stereocenters. The van der Waals surface area contributed by atoms with Crippen LogP contribution in [-0.2, 0) is 13.1 Å². The maximum absolute atomic E-state index is 6.11. The molecule has 144 valence electrons. The lowest BCUT2D eigenvalue weighted by Gasteiger charge is -2.09. The quantitative estimate of drug-likeness (QED) is 0.540. The maximum Gasteiger partial charge on any atom is 0.176 e. The lowest BCUT2D eigenvalue weighted by molar-refractivity contribution is 0.358. The zero-order valence-corrected chi connectivity index (χ0v) is 16.5. The molecule has 0 aliphatic rings. The van der Waals surface area contributed by atoms with Crippen LogP contribution in [0.5, 0.6) is 0 Å². The molecule has 0 atom stereocenters. The van der Waals surface area contributed by atoms with E-state index in [2.05, 4.69) is 26.4 Å². The molecule has 0 aliphatic carbocycles. The Morgan fingerprint density at radius 1 is 1.18 bits per heavy atom. The molecule has 0 saturated carbocycles. The number of aryl methyl sites for hydroxylation is 2.